The molecule has 4 aliphatic rings. The van der Waals surface area contributed by atoms with Crippen LogP contribution in [-0.4, -0.2) is 16.5 Å². The average Bonchev–Trinajstić information content (AvgIpc) is 2.76. The van der Waals surface area contributed by atoms with Crippen LogP contribution in [0.1, 0.15) is 79.4 Å². The Kier molecular flexibility index (Phi) is 2.27. The second-order valence-corrected chi connectivity index (χ2v) is 8.99. The van der Waals surface area contributed by atoms with Crippen LogP contribution >= 0.6 is 0 Å². The number of fused-ring (bicyclic) bond motifs is 5. The van der Waals surface area contributed by atoms with Crippen molar-refractivity contribution in [2.75, 3.05) is 0 Å². The maximum Gasteiger partial charge on any atom is 0.155 e. The van der Waals surface area contributed by atoms with Gasteiger partial charge in [-0.3, -0.25) is 4.79 Å². The predicted octanol–water partition coefficient (Wildman–Crippen LogP) is 4.52. The van der Waals surface area contributed by atoms with Crippen molar-refractivity contribution in [2.45, 2.75) is 78.1 Å². The van der Waals surface area contributed by atoms with Crippen molar-refractivity contribution in [3.05, 3.63) is 11.6 Å². The van der Waals surface area contributed by atoms with Gasteiger partial charge in [0.15, 0.2) is 5.78 Å². The molecule has 4 rings (SSSR count). The molecule has 0 aromatic carbocycles. The third-order valence-electron chi connectivity index (χ3n) is 8.28. The van der Waals surface area contributed by atoms with Crippen LogP contribution in [0.15, 0.2) is 11.6 Å². The molecule has 8 atom stereocenters. The van der Waals surface area contributed by atoms with Gasteiger partial charge < -0.3 is 5.11 Å². The number of allylic oxidation sites excluding steroid dienone is 1. The van der Waals surface area contributed by atoms with E-state index in [1.54, 1.807) is 0 Å². The number of hydrogen-bond donors (Lipinski definition) is 1. The van der Waals surface area contributed by atoms with Gasteiger partial charge in [0.1, 0.15) is 0 Å². The van der Waals surface area contributed by atoms with Gasteiger partial charge in [0.05, 0.1) is 6.97 Å². The zero-order valence-electron chi connectivity index (χ0n) is 19.5. The van der Waals surface area contributed by atoms with Gasteiger partial charge in [-0.15, -0.1) is 0 Å². The van der Waals surface area contributed by atoms with Gasteiger partial charge in [-0.1, -0.05) is 26.3 Å². The number of carbonyl (C=O) groups is 1. The molecule has 0 heterocycles. The summed E-state index contributed by atoms with van der Waals surface area (Å²) in [5.74, 6) is -0.113. The van der Waals surface area contributed by atoms with Crippen molar-refractivity contribution in [1.29, 1.82) is 0 Å². The van der Waals surface area contributed by atoms with Crippen LogP contribution < -0.4 is 0 Å². The summed E-state index contributed by atoms with van der Waals surface area (Å²) < 4.78 is 42.4. The second-order valence-electron chi connectivity index (χ2n) is 8.99. The van der Waals surface area contributed by atoms with Crippen LogP contribution in [0.5, 0.6) is 0 Å². The molecule has 4 aliphatic carbocycles. The fourth-order valence-corrected chi connectivity index (χ4v) is 6.43. The highest BCUT2D eigenvalue weighted by Crippen LogP contribution is 2.68. The number of ketones is 1. The van der Waals surface area contributed by atoms with Crippen molar-refractivity contribution in [3.8, 4) is 0 Å². The molecule has 3 saturated carbocycles. The van der Waals surface area contributed by atoms with Crippen LogP contribution in [0.4, 0.5) is 0 Å². The molecule has 23 heavy (non-hydrogen) atoms. The van der Waals surface area contributed by atoms with Crippen molar-refractivity contribution < 1.29 is 16.8 Å². The molecule has 1 N–H and O–H groups in total. The minimum Gasteiger partial charge on any atom is -0.389 e. The summed E-state index contributed by atoms with van der Waals surface area (Å²) in [5, 5.41) is 11.3. The van der Waals surface area contributed by atoms with E-state index in [2.05, 4.69) is 13.8 Å². The predicted molar refractivity (Wildman–Crippen MR) is 91.9 cm³/mol. The second kappa shape index (κ2) is 4.71. The van der Waals surface area contributed by atoms with E-state index in [-0.39, 0.29) is 59.3 Å². The van der Waals surface area contributed by atoms with Gasteiger partial charge in [-0.25, -0.2) is 0 Å². The topological polar surface area (TPSA) is 37.3 Å². The van der Waals surface area contributed by atoms with Gasteiger partial charge in [-0.05, 0) is 86.0 Å². The molecule has 0 amide bonds. The lowest BCUT2D eigenvalue weighted by molar-refractivity contribution is -0.130. The summed E-state index contributed by atoms with van der Waals surface area (Å²) in [7, 11) is 0. The maximum absolute atomic E-state index is 12.2. The molecule has 0 spiro atoms. The molecule has 2 nitrogen and oxygen atoms in total. The molecule has 3 fully saturated rings. The van der Waals surface area contributed by atoms with Crippen LogP contribution in [0.3, 0.4) is 0 Å². The third kappa shape index (κ3) is 1.88. The summed E-state index contributed by atoms with van der Waals surface area (Å²) in [6.45, 7) is 3.80. The van der Waals surface area contributed by atoms with Crippen LogP contribution in [0.2, 0.25) is 0 Å². The fourth-order valence-electron chi connectivity index (χ4n) is 6.43. The SMILES string of the molecule is [2H]C1=C2C([2H])C[C@H]3[C@@H]4CC(C)[C@](C)(O)[C@@]4(C)CC[C@@H]3[C@@]2(C([2H])([2H])[2H])CCC1=O. The smallest absolute Gasteiger partial charge is 0.155 e. The Balaban J connectivity index is 1.87. The summed E-state index contributed by atoms with van der Waals surface area (Å²) in [6.07, 6.45) is 2.28. The summed E-state index contributed by atoms with van der Waals surface area (Å²) in [4.78, 5) is 12.2. The first kappa shape index (κ1) is 11.1. The van der Waals surface area contributed by atoms with Crippen molar-refractivity contribution >= 4 is 5.78 Å². The third-order valence-corrected chi connectivity index (χ3v) is 8.28. The zero-order valence-corrected chi connectivity index (χ0v) is 14.5. The quantitative estimate of drug-likeness (QED) is 0.712. The molecule has 0 aromatic rings. The highest BCUT2D eigenvalue weighted by molar-refractivity contribution is 5.91. The lowest BCUT2D eigenvalue weighted by Crippen LogP contribution is -2.54. The molecule has 0 saturated heterocycles. The number of hydrogen-bond acceptors (Lipinski definition) is 2. The lowest BCUT2D eigenvalue weighted by Gasteiger charge is -2.59. The highest BCUT2D eigenvalue weighted by Gasteiger charge is 2.64. The average molecular weight is 322 g/mol. The summed E-state index contributed by atoms with van der Waals surface area (Å²) >= 11 is 0. The Morgan fingerprint density at radius 1 is 1.35 bits per heavy atom. The Bertz CT molecular complexity index is 742. The molecule has 0 aliphatic heterocycles. The summed E-state index contributed by atoms with van der Waals surface area (Å²) in [5.41, 5.74) is -2.02. The molecule has 128 valence electrons. The molecular weight excluding hydrogens is 284 g/mol. The molecule has 2 unspecified atom stereocenters. The van der Waals surface area contributed by atoms with E-state index < -0.39 is 24.3 Å². The van der Waals surface area contributed by atoms with Gasteiger partial charge in [-0.2, -0.15) is 0 Å². The monoisotopic (exact) mass is 321 g/mol. The first-order valence-electron chi connectivity index (χ1n) is 11.8. The van der Waals surface area contributed by atoms with Gasteiger partial charge in [0.2, 0.25) is 0 Å². The van der Waals surface area contributed by atoms with Crippen molar-refractivity contribution in [1.82, 2.24) is 0 Å². The van der Waals surface area contributed by atoms with E-state index in [9.17, 15) is 9.90 Å². The largest absolute Gasteiger partial charge is 0.389 e. The van der Waals surface area contributed by atoms with E-state index in [0.29, 0.717) is 12.8 Å². The number of aliphatic hydroxyl groups is 1. The lowest BCUT2D eigenvalue weighted by atomic mass is 9.46. The van der Waals surface area contributed by atoms with Crippen molar-refractivity contribution in [2.24, 2.45) is 34.5 Å². The van der Waals surface area contributed by atoms with E-state index in [1.165, 1.54) is 0 Å². The highest BCUT2D eigenvalue weighted by atomic mass is 16.3. The maximum atomic E-state index is 12.2. The standard InChI is InChI=1S/C21H32O2/c1-13-11-18-16-6-5-14-12-15(22)7-9-19(14,2)17(16)8-10-20(18,3)21(13,4)23/h12-13,16-18,23H,5-11H2,1-4H3/t13?,16-,17+,18+,19+,20+,21+/m1/s1/i2D3,5D,12D/t5?,13?,16-,17+,18+,19+,20+,21+. The zero-order chi connectivity index (χ0) is 20.9. The Morgan fingerprint density at radius 3 is 2.87 bits per heavy atom. The molecule has 0 radical (unpaired) electrons. The molecule has 0 aromatic heterocycles. The first-order chi connectivity index (χ1) is 12.8. The van der Waals surface area contributed by atoms with Gasteiger partial charge >= 0.3 is 0 Å². The Labute approximate surface area is 147 Å². The van der Waals surface area contributed by atoms with E-state index in [0.717, 1.165) is 12.8 Å². The number of carbonyl (C=O) groups excluding carboxylic acids is 1. The molecule has 2 heteroatoms. The van der Waals surface area contributed by atoms with Crippen LogP contribution in [0.25, 0.3) is 0 Å². The first-order valence-corrected chi connectivity index (χ1v) is 9.18. The Hall–Kier alpha value is -0.630. The van der Waals surface area contributed by atoms with E-state index >= 15 is 0 Å². The minimum atomic E-state index is -2.33. The fraction of sp³-hybridized carbons (Fsp3) is 0.857. The molecular formula is C21H32O2. The normalized spacial score (nSPS) is 63.0. The van der Waals surface area contributed by atoms with Crippen LogP contribution in [-0.2, 0) is 4.79 Å². The van der Waals surface area contributed by atoms with E-state index in [1.807, 2.05) is 6.92 Å². The van der Waals surface area contributed by atoms with Gasteiger partial charge in [0, 0.05) is 11.9 Å². The Morgan fingerprint density at radius 2 is 2.13 bits per heavy atom. The minimum absolute atomic E-state index is 0.0443. The van der Waals surface area contributed by atoms with Crippen molar-refractivity contribution in [3.63, 3.8) is 0 Å². The van der Waals surface area contributed by atoms with Crippen LogP contribution in [0, 0.1) is 34.5 Å². The summed E-state index contributed by atoms with van der Waals surface area (Å²) in [6, 6.07) is -0.207. The molecule has 0 bridgehead atoms. The van der Waals surface area contributed by atoms with E-state index in [4.69, 9.17) is 6.85 Å². The van der Waals surface area contributed by atoms with Gasteiger partial charge in [0.25, 0.3) is 0 Å². The number of rotatable bonds is 0.